The van der Waals surface area contributed by atoms with Crippen LogP contribution < -0.4 is 4.90 Å². The number of nitrogens with one attached hydrogen (secondary N) is 1. The molecular formula is C25H29F2N5O. The van der Waals surface area contributed by atoms with Crippen molar-refractivity contribution in [3.05, 3.63) is 48.0 Å². The minimum absolute atomic E-state index is 0.0299. The molecule has 174 valence electrons. The summed E-state index contributed by atoms with van der Waals surface area (Å²) in [5, 5.41) is 0. The molecule has 0 saturated carbocycles. The zero-order valence-electron chi connectivity index (χ0n) is 19.0. The highest BCUT2D eigenvalue weighted by Gasteiger charge is 2.32. The van der Waals surface area contributed by atoms with Crippen LogP contribution in [0.4, 0.5) is 14.5 Å². The van der Waals surface area contributed by atoms with Gasteiger partial charge in [0.25, 0.3) is 0 Å². The van der Waals surface area contributed by atoms with Gasteiger partial charge in [0.15, 0.2) is 0 Å². The van der Waals surface area contributed by atoms with Crippen LogP contribution in [0.25, 0.3) is 22.4 Å². The highest BCUT2D eigenvalue weighted by molar-refractivity contribution is 5.81. The van der Waals surface area contributed by atoms with Crippen LogP contribution in [-0.4, -0.2) is 72.0 Å². The topological polar surface area (TPSA) is 55.5 Å². The number of fused-ring (bicyclic) bond motifs is 1. The van der Waals surface area contributed by atoms with Crippen LogP contribution in [0.3, 0.4) is 0 Å². The van der Waals surface area contributed by atoms with Gasteiger partial charge in [-0.3, -0.25) is 4.79 Å². The molecule has 0 bridgehead atoms. The Morgan fingerprint density at radius 2 is 1.88 bits per heavy atom. The molecule has 2 aliphatic heterocycles. The lowest BCUT2D eigenvalue weighted by Crippen LogP contribution is -2.45. The number of anilines is 1. The second kappa shape index (κ2) is 8.74. The average molecular weight is 454 g/mol. The average Bonchev–Trinajstić information content (AvgIpc) is 3.44. The molecule has 2 aliphatic rings. The summed E-state index contributed by atoms with van der Waals surface area (Å²) in [4.78, 5) is 26.9. The summed E-state index contributed by atoms with van der Waals surface area (Å²) in [6, 6.07) is 9.59. The first-order valence-electron chi connectivity index (χ1n) is 11.5. The van der Waals surface area contributed by atoms with E-state index in [1.54, 1.807) is 18.2 Å². The smallest absolute Gasteiger partial charge is 0.225 e. The van der Waals surface area contributed by atoms with E-state index in [9.17, 15) is 13.6 Å². The van der Waals surface area contributed by atoms with Crippen molar-refractivity contribution >= 4 is 22.6 Å². The number of likely N-dealkylation sites (N-methyl/N-ethyl adjacent to an activating group) is 2. The lowest BCUT2D eigenvalue weighted by atomic mass is 9.94. The largest absolute Gasteiger partial charge is 0.371 e. The quantitative estimate of drug-likeness (QED) is 0.651. The summed E-state index contributed by atoms with van der Waals surface area (Å²) in [5.41, 5.74) is 2.38. The van der Waals surface area contributed by atoms with Gasteiger partial charge < -0.3 is 19.7 Å². The van der Waals surface area contributed by atoms with Crippen molar-refractivity contribution < 1.29 is 13.6 Å². The van der Waals surface area contributed by atoms with Crippen LogP contribution in [0.15, 0.2) is 36.4 Å². The third kappa shape index (κ3) is 4.31. The van der Waals surface area contributed by atoms with Crippen LogP contribution >= 0.6 is 0 Å². The fraction of sp³-hybridized carbons (Fsp3) is 0.440. The number of piperidine rings is 1. The number of carbonyl (C=O) groups is 1. The monoisotopic (exact) mass is 453 g/mol. The summed E-state index contributed by atoms with van der Waals surface area (Å²) in [5.74, 6) is -0.112. The summed E-state index contributed by atoms with van der Waals surface area (Å²) in [6.07, 6.45) is 2.59. The molecule has 2 fully saturated rings. The van der Waals surface area contributed by atoms with Gasteiger partial charge in [0, 0.05) is 50.4 Å². The Bertz CT molecular complexity index is 1170. The number of amides is 1. The van der Waals surface area contributed by atoms with E-state index >= 15 is 0 Å². The molecule has 1 atom stereocenters. The lowest BCUT2D eigenvalue weighted by Gasteiger charge is -2.36. The molecule has 8 heteroatoms. The Kier molecular flexibility index (Phi) is 5.78. The molecule has 2 aromatic carbocycles. The highest BCUT2D eigenvalue weighted by Crippen LogP contribution is 2.31. The third-order valence-corrected chi connectivity index (χ3v) is 7.12. The first-order chi connectivity index (χ1) is 15.9. The van der Waals surface area contributed by atoms with Crippen molar-refractivity contribution in [2.45, 2.75) is 25.3 Å². The molecule has 1 unspecified atom stereocenters. The van der Waals surface area contributed by atoms with Crippen molar-refractivity contribution in [2.24, 2.45) is 5.92 Å². The number of nitrogens with zero attached hydrogens (tertiary/aromatic N) is 4. The van der Waals surface area contributed by atoms with Gasteiger partial charge in [-0.05, 0) is 63.2 Å². The second-order valence-electron chi connectivity index (χ2n) is 9.33. The second-order valence-corrected chi connectivity index (χ2v) is 9.33. The van der Waals surface area contributed by atoms with Gasteiger partial charge in [-0.25, -0.2) is 13.8 Å². The third-order valence-electron chi connectivity index (χ3n) is 7.12. The number of aromatic nitrogens is 2. The summed E-state index contributed by atoms with van der Waals surface area (Å²) in [7, 11) is 4.03. The number of hydrogen-bond acceptors (Lipinski definition) is 4. The fourth-order valence-corrected chi connectivity index (χ4v) is 5.08. The number of halogens is 2. The highest BCUT2D eigenvalue weighted by atomic mass is 19.1. The summed E-state index contributed by atoms with van der Waals surface area (Å²) < 4.78 is 28.2. The van der Waals surface area contributed by atoms with Crippen LogP contribution in [0.2, 0.25) is 0 Å². The van der Waals surface area contributed by atoms with Crippen molar-refractivity contribution in [2.75, 3.05) is 45.2 Å². The zero-order chi connectivity index (χ0) is 23.1. The van der Waals surface area contributed by atoms with E-state index in [0.29, 0.717) is 28.5 Å². The maximum absolute atomic E-state index is 14.7. The van der Waals surface area contributed by atoms with E-state index in [0.717, 1.165) is 51.1 Å². The van der Waals surface area contributed by atoms with Gasteiger partial charge >= 0.3 is 0 Å². The maximum atomic E-state index is 14.7. The predicted octanol–water partition coefficient (Wildman–Crippen LogP) is 3.89. The molecule has 2 saturated heterocycles. The van der Waals surface area contributed by atoms with Crippen molar-refractivity contribution in [3.8, 4) is 11.4 Å². The first kappa shape index (κ1) is 21.8. The van der Waals surface area contributed by atoms with E-state index in [1.165, 1.54) is 18.2 Å². The maximum Gasteiger partial charge on any atom is 0.225 e. The van der Waals surface area contributed by atoms with Gasteiger partial charge in [0.1, 0.15) is 17.5 Å². The van der Waals surface area contributed by atoms with E-state index in [2.05, 4.69) is 26.8 Å². The SMILES string of the molecule is CN1CCC(N(C)C(=O)C2CCN(c3ccc(F)c(-c4nc5cc(F)ccc5[nH]4)c3)CC2)C1. The Hall–Kier alpha value is -3.00. The zero-order valence-corrected chi connectivity index (χ0v) is 19.0. The molecule has 3 heterocycles. The summed E-state index contributed by atoms with van der Waals surface area (Å²) >= 11 is 0. The van der Waals surface area contributed by atoms with Crippen molar-refractivity contribution in [1.82, 2.24) is 19.8 Å². The van der Waals surface area contributed by atoms with Gasteiger partial charge in [-0.2, -0.15) is 0 Å². The lowest BCUT2D eigenvalue weighted by molar-refractivity contribution is -0.136. The molecule has 3 aromatic rings. The molecule has 1 N–H and O–H groups in total. The minimum atomic E-state index is -0.383. The van der Waals surface area contributed by atoms with Crippen LogP contribution in [0.1, 0.15) is 19.3 Å². The summed E-state index contributed by atoms with van der Waals surface area (Å²) in [6.45, 7) is 3.46. The first-order valence-corrected chi connectivity index (χ1v) is 11.5. The fourth-order valence-electron chi connectivity index (χ4n) is 5.08. The normalized spacial score (nSPS) is 20.0. The Balaban J connectivity index is 1.28. The molecule has 33 heavy (non-hydrogen) atoms. The van der Waals surface area contributed by atoms with E-state index in [1.807, 2.05) is 11.9 Å². The molecule has 0 aliphatic carbocycles. The Morgan fingerprint density at radius 1 is 1.09 bits per heavy atom. The molecule has 6 nitrogen and oxygen atoms in total. The Labute approximate surface area is 192 Å². The molecule has 1 aromatic heterocycles. The molecule has 0 radical (unpaired) electrons. The predicted molar refractivity (Wildman–Crippen MR) is 125 cm³/mol. The number of H-pyrrole nitrogens is 1. The van der Waals surface area contributed by atoms with Crippen LogP contribution in [-0.2, 0) is 4.79 Å². The van der Waals surface area contributed by atoms with E-state index in [-0.39, 0.29) is 23.5 Å². The molecular weight excluding hydrogens is 424 g/mol. The van der Waals surface area contributed by atoms with E-state index in [4.69, 9.17) is 0 Å². The van der Waals surface area contributed by atoms with Gasteiger partial charge in [0.05, 0.1) is 16.6 Å². The van der Waals surface area contributed by atoms with Gasteiger partial charge in [-0.1, -0.05) is 0 Å². The standard InChI is InChI=1S/C25H29F2N5O/c1-30-10-9-19(15-30)31(2)25(33)16-7-11-32(12-8-16)18-4-5-21(27)20(14-18)24-28-22-6-3-17(26)13-23(22)29-24/h3-6,13-14,16,19H,7-12,15H2,1-2H3,(H,28,29). The minimum Gasteiger partial charge on any atom is -0.371 e. The number of imidazole rings is 1. The van der Waals surface area contributed by atoms with Gasteiger partial charge in [-0.15, -0.1) is 0 Å². The molecule has 0 spiro atoms. The van der Waals surface area contributed by atoms with Gasteiger partial charge in [0.2, 0.25) is 5.91 Å². The van der Waals surface area contributed by atoms with Crippen LogP contribution in [0.5, 0.6) is 0 Å². The molecule has 5 rings (SSSR count). The number of benzene rings is 2. The number of hydrogen-bond donors (Lipinski definition) is 1. The van der Waals surface area contributed by atoms with E-state index < -0.39 is 0 Å². The van der Waals surface area contributed by atoms with Crippen molar-refractivity contribution in [3.63, 3.8) is 0 Å². The number of rotatable bonds is 4. The number of likely N-dealkylation sites (tertiary alicyclic amines) is 1. The van der Waals surface area contributed by atoms with Crippen LogP contribution in [0, 0.1) is 17.6 Å². The molecule has 1 amide bonds. The number of carbonyl (C=O) groups excluding carboxylic acids is 1. The Morgan fingerprint density at radius 3 is 2.61 bits per heavy atom. The number of aromatic amines is 1. The van der Waals surface area contributed by atoms with Crippen molar-refractivity contribution in [1.29, 1.82) is 0 Å².